The molecule has 1 aliphatic carbocycles. The van der Waals surface area contributed by atoms with Crippen LogP contribution < -0.4 is 10.6 Å². The van der Waals surface area contributed by atoms with E-state index in [4.69, 9.17) is 0 Å². The van der Waals surface area contributed by atoms with E-state index in [1.54, 1.807) is 11.1 Å². The molecule has 0 unspecified atom stereocenters. The van der Waals surface area contributed by atoms with Gasteiger partial charge in [-0.2, -0.15) is 0 Å². The van der Waals surface area contributed by atoms with Gasteiger partial charge in [0, 0.05) is 18.6 Å². The lowest BCUT2D eigenvalue weighted by molar-refractivity contribution is 0.470. The predicted octanol–water partition coefficient (Wildman–Crippen LogP) is 1.50. The second kappa shape index (κ2) is 4.56. The molecule has 2 aliphatic rings. The third kappa shape index (κ3) is 2.13. The summed E-state index contributed by atoms with van der Waals surface area (Å²) in [4.78, 5) is 0. The summed E-state index contributed by atoms with van der Waals surface area (Å²) in [6.07, 6.45) is 5.11. The minimum Gasteiger partial charge on any atom is -0.313 e. The maximum absolute atomic E-state index is 3.71. The molecule has 1 aromatic carbocycles. The molecular formula is C14H20N2. The van der Waals surface area contributed by atoms with Crippen LogP contribution in [-0.2, 0) is 12.8 Å². The highest BCUT2D eigenvalue weighted by Crippen LogP contribution is 2.21. The Bertz CT molecular complexity index is 331. The fourth-order valence-electron chi connectivity index (χ4n) is 2.94. The van der Waals surface area contributed by atoms with Crippen molar-refractivity contribution in [1.29, 1.82) is 0 Å². The van der Waals surface area contributed by atoms with Crippen LogP contribution in [0.15, 0.2) is 24.3 Å². The SMILES string of the molecule is c1ccc2c(c1)CC(NC[C@@H]1CCCN1)C2. The maximum Gasteiger partial charge on any atom is 0.0193 e. The van der Waals surface area contributed by atoms with Crippen molar-refractivity contribution in [2.24, 2.45) is 0 Å². The zero-order valence-electron chi connectivity index (χ0n) is 9.71. The van der Waals surface area contributed by atoms with Gasteiger partial charge in [-0.25, -0.2) is 0 Å². The summed E-state index contributed by atoms with van der Waals surface area (Å²) in [6, 6.07) is 10.2. The monoisotopic (exact) mass is 216 g/mol. The Labute approximate surface area is 97.4 Å². The first-order valence-corrected chi connectivity index (χ1v) is 6.45. The third-order valence-corrected chi connectivity index (χ3v) is 3.87. The lowest BCUT2D eigenvalue weighted by Crippen LogP contribution is -2.39. The summed E-state index contributed by atoms with van der Waals surface area (Å²) in [5.41, 5.74) is 3.08. The first kappa shape index (κ1) is 10.3. The van der Waals surface area contributed by atoms with Gasteiger partial charge in [0.25, 0.3) is 0 Å². The molecule has 2 heteroatoms. The minimum absolute atomic E-state index is 0.666. The number of rotatable bonds is 3. The molecular weight excluding hydrogens is 196 g/mol. The quantitative estimate of drug-likeness (QED) is 0.800. The van der Waals surface area contributed by atoms with Gasteiger partial charge in [0.15, 0.2) is 0 Å². The van der Waals surface area contributed by atoms with Crippen molar-refractivity contribution in [3.63, 3.8) is 0 Å². The zero-order valence-corrected chi connectivity index (χ0v) is 9.71. The van der Waals surface area contributed by atoms with E-state index in [9.17, 15) is 0 Å². The van der Waals surface area contributed by atoms with Crippen molar-refractivity contribution in [3.8, 4) is 0 Å². The molecule has 2 nitrogen and oxygen atoms in total. The second-order valence-corrected chi connectivity index (χ2v) is 5.08. The van der Waals surface area contributed by atoms with Crippen molar-refractivity contribution >= 4 is 0 Å². The summed E-state index contributed by atoms with van der Waals surface area (Å²) in [7, 11) is 0. The highest BCUT2D eigenvalue weighted by atomic mass is 15.0. The summed E-state index contributed by atoms with van der Waals surface area (Å²) in [5, 5.41) is 7.25. The van der Waals surface area contributed by atoms with Gasteiger partial charge < -0.3 is 10.6 Å². The van der Waals surface area contributed by atoms with Crippen molar-refractivity contribution in [2.45, 2.75) is 37.8 Å². The zero-order chi connectivity index (χ0) is 10.8. The van der Waals surface area contributed by atoms with Crippen LogP contribution in [0.3, 0.4) is 0 Å². The van der Waals surface area contributed by atoms with Crippen LogP contribution in [0.4, 0.5) is 0 Å². The van der Waals surface area contributed by atoms with Gasteiger partial charge >= 0.3 is 0 Å². The number of fused-ring (bicyclic) bond motifs is 1. The average molecular weight is 216 g/mol. The van der Waals surface area contributed by atoms with Crippen LogP contribution in [0.2, 0.25) is 0 Å². The van der Waals surface area contributed by atoms with E-state index >= 15 is 0 Å². The molecule has 86 valence electrons. The summed E-state index contributed by atoms with van der Waals surface area (Å²) < 4.78 is 0. The van der Waals surface area contributed by atoms with E-state index in [2.05, 4.69) is 34.9 Å². The molecule has 3 rings (SSSR count). The van der Waals surface area contributed by atoms with Crippen LogP contribution in [0.1, 0.15) is 24.0 Å². The molecule has 1 aliphatic heterocycles. The first-order valence-electron chi connectivity index (χ1n) is 6.45. The Kier molecular flexibility index (Phi) is 2.94. The molecule has 0 saturated carbocycles. The molecule has 1 aromatic rings. The van der Waals surface area contributed by atoms with Gasteiger partial charge in [-0.3, -0.25) is 0 Å². The Morgan fingerprint density at radius 3 is 2.56 bits per heavy atom. The van der Waals surface area contributed by atoms with Crippen LogP contribution in [0, 0.1) is 0 Å². The Morgan fingerprint density at radius 2 is 1.94 bits per heavy atom. The van der Waals surface area contributed by atoms with E-state index < -0.39 is 0 Å². The normalized spacial score (nSPS) is 24.9. The standard InChI is InChI=1S/C14H20N2/c1-2-5-12-9-14(8-11(12)4-1)16-10-13-6-3-7-15-13/h1-2,4-5,13-16H,3,6-10H2/t13-/m0/s1. The predicted molar refractivity (Wildman–Crippen MR) is 66.7 cm³/mol. The van der Waals surface area contributed by atoms with Crippen LogP contribution >= 0.6 is 0 Å². The number of nitrogens with one attached hydrogen (secondary N) is 2. The van der Waals surface area contributed by atoms with Crippen molar-refractivity contribution < 1.29 is 0 Å². The molecule has 1 saturated heterocycles. The lowest BCUT2D eigenvalue weighted by Gasteiger charge is -2.16. The third-order valence-electron chi connectivity index (χ3n) is 3.87. The van der Waals surface area contributed by atoms with E-state index in [1.807, 2.05) is 0 Å². The summed E-state index contributed by atoms with van der Waals surface area (Å²) in [5.74, 6) is 0. The summed E-state index contributed by atoms with van der Waals surface area (Å²) in [6.45, 7) is 2.34. The number of benzene rings is 1. The van der Waals surface area contributed by atoms with E-state index in [1.165, 1.54) is 32.2 Å². The summed E-state index contributed by atoms with van der Waals surface area (Å²) >= 11 is 0. The first-order chi connectivity index (χ1) is 7.92. The molecule has 16 heavy (non-hydrogen) atoms. The molecule has 0 aromatic heterocycles. The maximum atomic E-state index is 3.71. The fraction of sp³-hybridized carbons (Fsp3) is 0.571. The van der Waals surface area contributed by atoms with Crippen LogP contribution in [0.5, 0.6) is 0 Å². The van der Waals surface area contributed by atoms with Gasteiger partial charge in [-0.1, -0.05) is 24.3 Å². The molecule has 0 bridgehead atoms. The van der Waals surface area contributed by atoms with Gasteiger partial charge in [0.05, 0.1) is 0 Å². The van der Waals surface area contributed by atoms with E-state index in [0.717, 1.165) is 6.54 Å². The fourth-order valence-corrected chi connectivity index (χ4v) is 2.94. The van der Waals surface area contributed by atoms with Crippen molar-refractivity contribution in [3.05, 3.63) is 35.4 Å². The molecule has 0 radical (unpaired) electrons. The second-order valence-electron chi connectivity index (χ2n) is 5.08. The Balaban J connectivity index is 1.52. The number of hydrogen-bond acceptors (Lipinski definition) is 2. The highest BCUT2D eigenvalue weighted by Gasteiger charge is 2.22. The van der Waals surface area contributed by atoms with Gasteiger partial charge in [0.2, 0.25) is 0 Å². The van der Waals surface area contributed by atoms with E-state index in [-0.39, 0.29) is 0 Å². The van der Waals surface area contributed by atoms with E-state index in [0.29, 0.717) is 12.1 Å². The Morgan fingerprint density at radius 1 is 1.19 bits per heavy atom. The van der Waals surface area contributed by atoms with Crippen molar-refractivity contribution in [2.75, 3.05) is 13.1 Å². The molecule has 0 spiro atoms. The smallest absolute Gasteiger partial charge is 0.0193 e. The van der Waals surface area contributed by atoms with Gasteiger partial charge in [-0.15, -0.1) is 0 Å². The molecule has 0 amide bonds. The molecule has 1 fully saturated rings. The highest BCUT2D eigenvalue weighted by molar-refractivity contribution is 5.33. The average Bonchev–Trinajstić information content (AvgIpc) is 2.95. The van der Waals surface area contributed by atoms with Crippen molar-refractivity contribution in [1.82, 2.24) is 10.6 Å². The molecule has 2 N–H and O–H groups in total. The van der Waals surface area contributed by atoms with Gasteiger partial charge in [0.1, 0.15) is 0 Å². The van der Waals surface area contributed by atoms with Crippen LogP contribution in [0.25, 0.3) is 0 Å². The largest absolute Gasteiger partial charge is 0.313 e. The molecule has 1 atom stereocenters. The lowest BCUT2D eigenvalue weighted by atomic mass is 10.1. The molecule has 1 heterocycles. The number of hydrogen-bond donors (Lipinski definition) is 2. The van der Waals surface area contributed by atoms with Gasteiger partial charge in [-0.05, 0) is 43.4 Å². The Hall–Kier alpha value is -0.860. The topological polar surface area (TPSA) is 24.1 Å². The van der Waals surface area contributed by atoms with Crippen LogP contribution in [-0.4, -0.2) is 25.2 Å². The minimum atomic E-state index is 0.666.